The maximum atomic E-state index is 13.3. The molecule has 1 N–H and O–H groups in total. The van der Waals surface area contributed by atoms with Crippen molar-refractivity contribution in [1.82, 2.24) is 5.32 Å². The van der Waals surface area contributed by atoms with Gasteiger partial charge in [-0.2, -0.15) is 0 Å². The van der Waals surface area contributed by atoms with Gasteiger partial charge in [0.25, 0.3) is 0 Å². The van der Waals surface area contributed by atoms with Crippen LogP contribution in [0.15, 0.2) is 60.7 Å². The molecule has 0 radical (unpaired) electrons. The lowest BCUT2D eigenvalue weighted by Crippen LogP contribution is -2.42. The first-order valence-corrected chi connectivity index (χ1v) is 10.5. The number of hydrogen-bond acceptors (Lipinski definition) is 5. The second-order valence-electron chi connectivity index (χ2n) is 9.33. The lowest BCUT2D eigenvalue weighted by Gasteiger charge is -2.26. The summed E-state index contributed by atoms with van der Waals surface area (Å²) in [6.45, 7) is 5.81. The summed E-state index contributed by atoms with van der Waals surface area (Å²) < 4.78 is 11.4. The van der Waals surface area contributed by atoms with Crippen molar-refractivity contribution >= 4 is 11.9 Å². The highest BCUT2D eigenvalue weighted by molar-refractivity contribution is 5.84. The number of rotatable bonds is 5. The van der Waals surface area contributed by atoms with Crippen molar-refractivity contribution in [3.8, 4) is 0 Å². The molecule has 158 valence electrons. The van der Waals surface area contributed by atoms with Crippen molar-refractivity contribution in [2.45, 2.75) is 57.9 Å². The van der Waals surface area contributed by atoms with E-state index in [1.165, 1.54) is 0 Å². The minimum absolute atomic E-state index is 0.227. The average molecular weight is 408 g/mol. The standard InChI is InChI=1S/C25H29NO4/c1-24(2,3)30-23(28)21-25(14-15-25)19(20(26-21)18-12-8-5-9-13-18)22(27)29-16-17-10-6-4-7-11-17/h4-13,19-21,26H,14-16H2,1-3H3. The Morgan fingerprint density at radius 3 is 2.13 bits per heavy atom. The number of benzene rings is 2. The second kappa shape index (κ2) is 7.88. The predicted molar refractivity (Wildman–Crippen MR) is 113 cm³/mol. The molecule has 4 rings (SSSR count). The molecule has 0 aromatic heterocycles. The zero-order chi connectivity index (χ0) is 21.4. The Morgan fingerprint density at radius 2 is 1.57 bits per heavy atom. The molecular weight excluding hydrogens is 378 g/mol. The third-order valence-electron chi connectivity index (χ3n) is 5.98. The largest absolute Gasteiger partial charge is 0.461 e. The summed E-state index contributed by atoms with van der Waals surface area (Å²) >= 11 is 0. The first kappa shape index (κ1) is 20.6. The van der Waals surface area contributed by atoms with Gasteiger partial charge in [0.2, 0.25) is 0 Å². The van der Waals surface area contributed by atoms with E-state index in [9.17, 15) is 9.59 Å². The Labute approximate surface area is 177 Å². The van der Waals surface area contributed by atoms with Crippen LogP contribution in [0.1, 0.15) is 50.8 Å². The molecule has 3 atom stereocenters. The fourth-order valence-corrected chi connectivity index (χ4v) is 4.50. The fraction of sp³-hybridized carbons (Fsp3) is 0.440. The number of esters is 2. The molecule has 1 spiro atoms. The van der Waals surface area contributed by atoms with Gasteiger partial charge in [-0.3, -0.25) is 14.9 Å². The smallest absolute Gasteiger partial charge is 0.324 e. The molecule has 5 nitrogen and oxygen atoms in total. The lowest BCUT2D eigenvalue weighted by molar-refractivity contribution is -0.159. The Balaban J connectivity index is 1.60. The van der Waals surface area contributed by atoms with Gasteiger partial charge in [-0.1, -0.05) is 60.7 Å². The highest BCUT2D eigenvalue weighted by Crippen LogP contribution is 2.63. The Kier molecular flexibility index (Phi) is 5.41. The van der Waals surface area contributed by atoms with Crippen molar-refractivity contribution in [3.05, 3.63) is 71.8 Å². The molecule has 2 aromatic rings. The van der Waals surface area contributed by atoms with E-state index in [2.05, 4.69) is 5.32 Å². The van der Waals surface area contributed by atoms with Crippen LogP contribution in [0.3, 0.4) is 0 Å². The maximum Gasteiger partial charge on any atom is 0.324 e. The minimum Gasteiger partial charge on any atom is -0.461 e. The molecule has 2 aromatic carbocycles. The fourth-order valence-electron chi connectivity index (χ4n) is 4.50. The van der Waals surface area contributed by atoms with Crippen LogP contribution < -0.4 is 5.32 Å². The van der Waals surface area contributed by atoms with Gasteiger partial charge in [-0.25, -0.2) is 0 Å². The lowest BCUT2D eigenvalue weighted by atomic mass is 9.81. The minimum atomic E-state index is -0.580. The number of ether oxygens (including phenoxy) is 2. The monoisotopic (exact) mass is 407 g/mol. The summed E-state index contributed by atoms with van der Waals surface area (Å²) in [7, 11) is 0. The summed E-state index contributed by atoms with van der Waals surface area (Å²) in [5.41, 5.74) is 0.901. The van der Waals surface area contributed by atoms with Gasteiger partial charge >= 0.3 is 11.9 Å². The second-order valence-corrected chi connectivity index (χ2v) is 9.33. The summed E-state index contributed by atoms with van der Waals surface area (Å²) in [5, 5.41) is 3.44. The Bertz CT molecular complexity index is 900. The van der Waals surface area contributed by atoms with Gasteiger partial charge in [0.05, 0.1) is 5.92 Å². The Morgan fingerprint density at radius 1 is 0.967 bits per heavy atom. The maximum absolute atomic E-state index is 13.3. The zero-order valence-corrected chi connectivity index (χ0v) is 17.8. The highest BCUT2D eigenvalue weighted by atomic mass is 16.6. The summed E-state index contributed by atoms with van der Waals surface area (Å²) in [6.07, 6.45) is 1.61. The van der Waals surface area contributed by atoms with E-state index in [-0.39, 0.29) is 24.6 Å². The molecule has 1 saturated heterocycles. The van der Waals surface area contributed by atoms with Crippen molar-refractivity contribution in [2.24, 2.45) is 11.3 Å². The van der Waals surface area contributed by atoms with Crippen LogP contribution in [0.2, 0.25) is 0 Å². The predicted octanol–water partition coefficient (Wildman–Crippen LogP) is 4.18. The van der Waals surface area contributed by atoms with Crippen molar-refractivity contribution in [2.75, 3.05) is 0 Å². The molecule has 0 bridgehead atoms. The third-order valence-corrected chi connectivity index (χ3v) is 5.98. The van der Waals surface area contributed by atoms with E-state index >= 15 is 0 Å². The van der Waals surface area contributed by atoms with E-state index in [0.717, 1.165) is 24.0 Å². The van der Waals surface area contributed by atoms with E-state index in [0.29, 0.717) is 0 Å². The van der Waals surface area contributed by atoms with Gasteiger partial charge in [0.15, 0.2) is 0 Å². The van der Waals surface area contributed by atoms with Gasteiger partial charge < -0.3 is 9.47 Å². The van der Waals surface area contributed by atoms with E-state index < -0.39 is 23.0 Å². The molecule has 1 saturated carbocycles. The average Bonchev–Trinajstić information content (AvgIpc) is 3.41. The number of hydrogen-bond donors (Lipinski definition) is 1. The van der Waals surface area contributed by atoms with Crippen LogP contribution in [0.5, 0.6) is 0 Å². The van der Waals surface area contributed by atoms with Gasteiger partial charge in [0.1, 0.15) is 18.2 Å². The summed E-state index contributed by atoms with van der Waals surface area (Å²) in [4.78, 5) is 26.3. The topological polar surface area (TPSA) is 64.6 Å². The molecule has 1 aliphatic carbocycles. The molecule has 0 amide bonds. The van der Waals surface area contributed by atoms with E-state index in [1.54, 1.807) is 0 Å². The molecule has 2 aliphatic rings. The Hall–Kier alpha value is -2.66. The van der Waals surface area contributed by atoms with Crippen molar-refractivity contribution in [1.29, 1.82) is 0 Å². The number of carbonyl (C=O) groups excluding carboxylic acids is 2. The van der Waals surface area contributed by atoms with Crippen LogP contribution in [0.25, 0.3) is 0 Å². The SMILES string of the molecule is CC(C)(C)OC(=O)C1NC(c2ccccc2)C(C(=O)OCc2ccccc2)C12CC2. The first-order valence-electron chi connectivity index (χ1n) is 10.5. The number of carbonyl (C=O) groups is 2. The molecule has 2 fully saturated rings. The third kappa shape index (κ3) is 4.12. The van der Waals surface area contributed by atoms with Crippen LogP contribution in [0.4, 0.5) is 0 Å². The number of nitrogens with one attached hydrogen (secondary N) is 1. The van der Waals surface area contributed by atoms with Crippen LogP contribution in [-0.2, 0) is 25.7 Å². The molecule has 5 heteroatoms. The molecule has 3 unspecified atom stereocenters. The zero-order valence-electron chi connectivity index (χ0n) is 17.8. The van der Waals surface area contributed by atoms with Crippen LogP contribution in [0, 0.1) is 11.3 Å². The van der Waals surface area contributed by atoms with E-state index in [4.69, 9.17) is 9.47 Å². The van der Waals surface area contributed by atoms with Crippen molar-refractivity contribution < 1.29 is 19.1 Å². The molecule has 1 heterocycles. The molecule has 1 aliphatic heterocycles. The van der Waals surface area contributed by atoms with Crippen LogP contribution in [-0.4, -0.2) is 23.6 Å². The van der Waals surface area contributed by atoms with E-state index in [1.807, 2.05) is 81.4 Å². The van der Waals surface area contributed by atoms with Gasteiger partial charge in [-0.15, -0.1) is 0 Å². The van der Waals surface area contributed by atoms with Gasteiger partial charge in [0, 0.05) is 11.5 Å². The van der Waals surface area contributed by atoms with Crippen LogP contribution >= 0.6 is 0 Å². The van der Waals surface area contributed by atoms with Gasteiger partial charge in [-0.05, 0) is 44.7 Å². The first-order chi connectivity index (χ1) is 14.3. The summed E-state index contributed by atoms with van der Waals surface area (Å²) in [5.74, 6) is -0.982. The summed E-state index contributed by atoms with van der Waals surface area (Å²) in [6, 6.07) is 18.7. The molecule has 30 heavy (non-hydrogen) atoms. The quantitative estimate of drug-likeness (QED) is 0.754. The molecular formula is C25H29NO4. The normalized spacial score (nSPS) is 24.4. The highest BCUT2D eigenvalue weighted by Gasteiger charge is 2.68. The van der Waals surface area contributed by atoms with Crippen molar-refractivity contribution in [3.63, 3.8) is 0 Å².